The summed E-state index contributed by atoms with van der Waals surface area (Å²) >= 11 is 0. The van der Waals surface area contributed by atoms with Gasteiger partial charge in [0, 0.05) is 37.4 Å². The Kier molecular flexibility index (Phi) is 7.59. The van der Waals surface area contributed by atoms with E-state index in [2.05, 4.69) is 21.6 Å². The summed E-state index contributed by atoms with van der Waals surface area (Å²) in [6.45, 7) is 4.61. The number of amides is 3. The molecule has 1 aliphatic heterocycles. The number of hydrogen-bond donors (Lipinski definition) is 2. The fourth-order valence-corrected chi connectivity index (χ4v) is 6.48. The van der Waals surface area contributed by atoms with Gasteiger partial charge in [-0.25, -0.2) is 9.18 Å². The fourth-order valence-electron chi connectivity index (χ4n) is 6.48. The smallest absolute Gasteiger partial charge is 0.326 e. The molecule has 0 aromatic heterocycles. The SMILES string of the molecule is CC(=O)Nc1cccc(C23CC[C@@H](N(CCN4CCCC4)C(=O)Nc4ccc(F)c(C(F)(F)F)c4)CC2C3)c1. The second-order valence-corrected chi connectivity index (χ2v) is 11.1. The van der Waals surface area contributed by atoms with Gasteiger partial charge in [0.1, 0.15) is 5.82 Å². The quantitative estimate of drug-likeness (QED) is 0.404. The molecule has 5 rings (SSSR count). The standard InChI is InChI=1S/C29H34F4N4O2/c1-19(38)34-22-6-4-5-20(15-22)28-10-9-24(16-21(28)18-28)37(14-13-36-11-2-3-12-36)27(39)35-23-7-8-26(30)25(17-23)29(31,32)33/h4-8,15,17,21,24H,2-3,9-14,16,18H2,1H3,(H,34,38)(H,35,39)/t21?,24-,28?/m1/s1. The largest absolute Gasteiger partial charge is 0.419 e. The third-order valence-electron chi connectivity index (χ3n) is 8.55. The maximum atomic E-state index is 13.8. The van der Waals surface area contributed by atoms with Crippen LogP contribution in [0.4, 0.5) is 33.7 Å². The Morgan fingerprint density at radius 2 is 1.82 bits per heavy atom. The molecule has 3 aliphatic rings. The van der Waals surface area contributed by atoms with Crippen molar-refractivity contribution in [2.45, 2.75) is 63.1 Å². The van der Waals surface area contributed by atoms with Crippen molar-refractivity contribution >= 4 is 23.3 Å². The third kappa shape index (κ3) is 6.05. The zero-order valence-corrected chi connectivity index (χ0v) is 22.0. The maximum absolute atomic E-state index is 13.8. The van der Waals surface area contributed by atoms with Gasteiger partial charge >= 0.3 is 12.2 Å². The summed E-state index contributed by atoms with van der Waals surface area (Å²) in [7, 11) is 0. The van der Waals surface area contributed by atoms with E-state index in [1.807, 2.05) is 18.2 Å². The second kappa shape index (κ2) is 10.8. The highest BCUT2D eigenvalue weighted by Crippen LogP contribution is 2.63. The topological polar surface area (TPSA) is 64.7 Å². The Hall–Kier alpha value is -3.14. The van der Waals surface area contributed by atoms with Crippen LogP contribution in [0, 0.1) is 11.7 Å². The van der Waals surface area contributed by atoms with Crippen molar-refractivity contribution in [2.24, 2.45) is 5.92 Å². The molecule has 0 radical (unpaired) electrons. The lowest BCUT2D eigenvalue weighted by Crippen LogP contribution is -2.48. The van der Waals surface area contributed by atoms with Crippen molar-refractivity contribution in [2.75, 3.05) is 36.8 Å². The van der Waals surface area contributed by atoms with Crippen molar-refractivity contribution in [3.8, 4) is 0 Å². The predicted octanol–water partition coefficient (Wildman–Crippen LogP) is 6.24. The van der Waals surface area contributed by atoms with Gasteiger partial charge < -0.3 is 20.4 Å². The van der Waals surface area contributed by atoms with Crippen LogP contribution in [-0.2, 0) is 16.4 Å². The molecule has 2 N–H and O–H groups in total. The summed E-state index contributed by atoms with van der Waals surface area (Å²) in [5.41, 5.74) is 0.514. The molecule has 210 valence electrons. The van der Waals surface area contributed by atoms with Crippen LogP contribution in [0.15, 0.2) is 42.5 Å². The molecular formula is C29H34F4N4O2. The van der Waals surface area contributed by atoms with Gasteiger partial charge in [-0.05, 0) is 98.8 Å². The summed E-state index contributed by atoms with van der Waals surface area (Å²) in [4.78, 5) is 29.0. The first kappa shape index (κ1) is 27.4. The van der Waals surface area contributed by atoms with E-state index in [0.717, 1.165) is 69.4 Å². The van der Waals surface area contributed by atoms with Crippen LogP contribution in [0.2, 0.25) is 0 Å². The Labute approximate surface area is 225 Å². The number of nitrogens with one attached hydrogen (secondary N) is 2. The highest BCUT2D eigenvalue weighted by Gasteiger charge is 2.58. The lowest BCUT2D eigenvalue weighted by Gasteiger charge is -2.37. The molecular weight excluding hydrogens is 512 g/mol. The number of urea groups is 1. The molecule has 1 saturated heterocycles. The Morgan fingerprint density at radius 3 is 2.51 bits per heavy atom. The van der Waals surface area contributed by atoms with Crippen molar-refractivity contribution < 1.29 is 27.2 Å². The Morgan fingerprint density at radius 1 is 1.08 bits per heavy atom. The van der Waals surface area contributed by atoms with Gasteiger partial charge in [0.15, 0.2) is 0 Å². The van der Waals surface area contributed by atoms with Crippen LogP contribution in [-0.4, -0.2) is 54.0 Å². The maximum Gasteiger partial charge on any atom is 0.419 e. The minimum absolute atomic E-state index is 0.0284. The van der Waals surface area contributed by atoms with E-state index in [0.29, 0.717) is 25.1 Å². The van der Waals surface area contributed by atoms with Crippen LogP contribution in [0.5, 0.6) is 0 Å². The number of alkyl halides is 3. The van der Waals surface area contributed by atoms with Crippen molar-refractivity contribution in [1.82, 2.24) is 9.80 Å². The first-order valence-electron chi connectivity index (χ1n) is 13.6. The molecule has 10 heteroatoms. The van der Waals surface area contributed by atoms with E-state index in [-0.39, 0.29) is 23.1 Å². The summed E-state index contributed by atoms with van der Waals surface area (Å²) in [6, 6.07) is 9.99. The van der Waals surface area contributed by atoms with Crippen LogP contribution >= 0.6 is 0 Å². The van der Waals surface area contributed by atoms with Crippen molar-refractivity contribution in [3.63, 3.8) is 0 Å². The molecule has 0 bridgehead atoms. The number of carbonyl (C=O) groups excluding carboxylic acids is 2. The average Bonchev–Trinajstić information content (AvgIpc) is 3.39. The van der Waals surface area contributed by atoms with Crippen LogP contribution in [0.25, 0.3) is 0 Å². The van der Waals surface area contributed by atoms with E-state index in [1.165, 1.54) is 12.5 Å². The number of rotatable bonds is 7. The lowest BCUT2D eigenvalue weighted by atomic mass is 9.80. The van der Waals surface area contributed by atoms with Gasteiger partial charge in [0.2, 0.25) is 5.91 Å². The highest BCUT2D eigenvalue weighted by atomic mass is 19.4. The number of benzene rings is 2. The predicted molar refractivity (Wildman–Crippen MR) is 141 cm³/mol. The van der Waals surface area contributed by atoms with Crippen molar-refractivity contribution in [1.29, 1.82) is 0 Å². The van der Waals surface area contributed by atoms with E-state index in [1.54, 1.807) is 4.90 Å². The average molecular weight is 547 g/mol. The third-order valence-corrected chi connectivity index (χ3v) is 8.55. The zero-order chi connectivity index (χ0) is 27.8. The van der Waals surface area contributed by atoms with Gasteiger partial charge in [-0.3, -0.25) is 4.79 Å². The second-order valence-electron chi connectivity index (χ2n) is 11.1. The molecule has 2 unspecified atom stereocenters. The highest BCUT2D eigenvalue weighted by molar-refractivity contribution is 5.90. The number of anilines is 2. The number of nitrogens with zero attached hydrogens (tertiary/aromatic N) is 2. The first-order valence-corrected chi connectivity index (χ1v) is 13.6. The Bertz CT molecular complexity index is 1230. The van der Waals surface area contributed by atoms with Gasteiger partial charge in [0.25, 0.3) is 0 Å². The number of hydrogen-bond acceptors (Lipinski definition) is 3. The lowest BCUT2D eigenvalue weighted by molar-refractivity contribution is -0.139. The van der Waals surface area contributed by atoms with Gasteiger partial charge in [-0.1, -0.05) is 12.1 Å². The molecule has 0 spiro atoms. The van der Waals surface area contributed by atoms with E-state index in [4.69, 9.17) is 0 Å². The first-order chi connectivity index (χ1) is 18.5. The molecule has 2 aromatic rings. The molecule has 2 saturated carbocycles. The van der Waals surface area contributed by atoms with Gasteiger partial charge in [0.05, 0.1) is 5.56 Å². The minimum Gasteiger partial charge on any atom is -0.326 e. The molecule has 2 aliphatic carbocycles. The summed E-state index contributed by atoms with van der Waals surface area (Å²) in [5, 5.41) is 5.46. The van der Waals surface area contributed by atoms with E-state index < -0.39 is 23.6 Å². The number of fused-ring (bicyclic) bond motifs is 1. The molecule has 3 amide bonds. The molecule has 6 nitrogen and oxygen atoms in total. The Balaban J connectivity index is 1.30. The molecule has 3 atom stereocenters. The zero-order valence-electron chi connectivity index (χ0n) is 22.0. The summed E-state index contributed by atoms with van der Waals surface area (Å²) in [5.74, 6) is -1.11. The van der Waals surface area contributed by atoms with Crippen LogP contribution in [0.3, 0.4) is 0 Å². The normalized spacial score (nSPS) is 24.6. The van der Waals surface area contributed by atoms with E-state index in [9.17, 15) is 27.2 Å². The molecule has 3 fully saturated rings. The van der Waals surface area contributed by atoms with Crippen molar-refractivity contribution in [3.05, 3.63) is 59.4 Å². The minimum atomic E-state index is -4.85. The summed E-state index contributed by atoms with van der Waals surface area (Å²) < 4.78 is 53.5. The van der Waals surface area contributed by atoms with Crippen LogP contribution < -0.4 is 10.6 Å². The van der Waals surface area contributed by atoms with Gasteiger partial charge in [-0.2, -0.15) is 13.2 Å². The van der Waals surface area contributed by atoms with Crippen LogP contribution in [0.1, 0.15) is 56.6 Å². The molecule has 1 heterocycles. The monoisotopic (exact) mass is 546 g/mol. The van der Waals surface area contributed by atoms with Gasteiger partial charge in [-0.15, -0.1) is 0 Å². The number of carbonyl (C=O) groups is 2. The fraction of sp³-hybridized carbons (Fsp3) is 0.517. The van der Waals surface area contributed by atoms with E-state index >= 15 is 0 Å². The molecule has 39 heavy (non-hydrogen) atoms. The number of halogens is 4. The molecule has 2 aromatic carbocycles. The summed E-state index contributed by atoms with van der Waals surface area (Å²) in [6.07, 6.45) is 0.841. The number of likely N-dealkylation sites (tertiary alicyclic amines) is 1.